The second-order valence-corrected chi connectivity index (χ2v) is 5.58. The number of hydrogen-bond donors (Lipinski definition) is 1. The van der Waals surface area contributed by atoms with Gasteiger partial charge in [0.25, 0.3) is 0 Å². The van der Waals surface area contributed by atoms with E-state index < -0.39 is 11.7 Å². The molecule has 0 aromatic heterocycles. The van der Waals surface area contributed by atoms with Gasteiger partial charge in [0.05, 0.1) is 26.9 Å². The standard InChI is InChI=1S/C19H22F3NO4/c1-24-16-10-13(11-17(25-2)18(16)26-3)12-23-8-9-27-15-6-4-14(5-7-15)19(20,21)22/h4-7,10-11,23H,8-9,12H2,1-3H3. The van der Waals surface area contributed by atoms with Crippen molar-refractivity contribution < 1.29 is 32.1 Å². The van der Waals surface area contributed by atoms with Gasteiger partial charge in [-0.2, -0.15) is 13.2 Å². The van der Waals surface area contributed by atoms with Gasteiger partial charge in [-0.3, -0.25) is 0 Å². The van der Waals surface area contributed by atoms with Gasteiger partial charge in [-0.15, -0.1) is 0 Å². The van der Waals surface area contributed by atoms with Crippen LogP contribution in [0.4, 0.5) is 13.2 Å². The molecule has 0 heterocycles. The highest BCUT2D eigenvalue weighted by Gasteiger charge is 2.29. The van der Waals surface area contributed by atoms with E-state index in [1.54, 1.807) is 14.2 Å². The summed E-state index contributed by atoms with van der Waals surface area (Å²) in [6.45, 7) is 1.36. The Morgan fingerprint density at radius 2 is 1.48 bits per heavy atom. The van der Waals surface area contributed by atoms with Gasteiger partial charge in [0.1, 0.15) is 12.4 Å². The van der Waals surface area contributed by atoms with Crippen molar-refractivity contribution in [2.24, 2.45) is 0 Å². The summed E-state index contributed by atoms with van der Waals surface area (Å²) in [7, 11) is 4.63. The number of methoxy groups -OCH3 is 3. The Kier molecular flexibility index (Phi) is 7.18. The first-order valence-corrected chi connectivity index (χ1v) is 8.18. The van der Waals surface area contributed by atoms with Crippen molar-refractivity contribution in [2.75, 3.05) is 34.5 Å². The van der Waals surface area contributed by atoms with Crippen LogP contribution in [-0.4, -0.2) is 34.5 Å². The molecule has 0 aliphatic carbocycles. The van der Waals surface area contributed by atoms with Crippen LogP contribution in [0.1, 0.15) is 11.1 Å². The Morgan fingerprint density at radius 3 is 1.96 bits per heavy atom. The third kappa shape index (κ3) is 5.68. The van der Waals surface area contributed by atoms with Crippen molar-refractivity contribution in [1.29, 1.82) is 0 Å². The molecule has 0 bridgehead atoms. The summed E-state index contributed by atoms with van der Waals surface area (Å²) >= 11 is 0. The van der Waals surface area contributed by atoms with E-state index in [0.717, 1.165) is 17.7 Å². The van der Waals surface area contributed by atoms with Crippen molar-refractivity contribution in [3.63, 3.8) is 0 Å². The van der Waals surface area contributed by atoms with Crippen molar-refractivity contribution in [3.8, 4) is 23.0 Å². The molecular weight excluding hydrogens is 363 g/mol. The van der Waals surface area contributed by atoms with Gasteiger partial charge >= 0.3 is 6.18 Å². The van der Waals surface area contributed by atoms with E-state index in [2.05, 4.69) is 5.32 Å². The maximum Gasteiger partial charge on any atom is 0.416 e. The molecule has 2 rings (SSSR count). The molecule has 0 aliphatic heterocycles. The van der Waals surface area contributed by atoms with E-state index in [-0.39, 0.29) is 0 Å². The topological polar surface area (TPSA) is 49.0 Å². The molecule has 5 nitrogen and oxygen atoms in total. The number of hydrogen-bond acceptors (Lipinski definition) is 5. The molecule has 0 saturated carbocycles. The zero-order valence-electron chi connectivity index (χ0n) is 15.4. The van der Waals surface area contributed by atoms with Crippen molar-refractivity contribution in [1.82, 2.24) is 5.32 Å². The molecule has 2 aromatic rings. The predicted octanol–water partition coefficient (Wildman–Crippen LogP) is 3.90. The SMILES string of the molecule is COc1cc(CNCCOc2ccc(C(F)(F)F)cc2)cc(OC)c1OC. The molecule has 8 heteroatoms. The Balaban J connectivity index is 1.83. The maximum atomic E-state index is 12.5. The molecule has 27 heavy (non-hydrogen) atoms. The van der Waals surface area contributed by atoms with Crippen LogP contribution in [0.2, 0.25) is 0 Å². The summed E-state index contributed by atoms with van der Waals surface area (Å²) in [6, 6.07) is 8.29. The lowest BCUT2D eigenvalue weighted by molar-refractivity contribution is -0.137. The van der Waals surface area contributed by atoms with Gasteiger partial charge in [-0.05, 0) is 42.0 Å². The zero-order chi connectivity index (χ0) is 19.9. The second kappa shape index (κ2) is 9.36. The number of nitrogens with one attached hydrogen (secondary N) is 1. The summed E-state index contributed by atoms with van der Waals surface area (Å²) in [6.07, 6.45) is -4.35. The molecule has 0 fully saturated rings. The molecule has 148 valence electrons. The second-order valence-electron chi connectivity index (χ2n) is 5.58. The van der Waals surface area contributed by atoms with E-state index in [4.69, 9.17) is 18.9 Å². The van der Waals surface area contributed by atoms with E-state index in [0.29, 0.717) is 42.7 Å². The van der Waals surface area contributed by atoms with Crippen LogP contribution in [0.15, 0.2) is 36.4 Å². The fourth-order valence-corrected chi connectivity index (χ4v) is 2.45. The Labute approximate surface area is 156 Å². The quantitative estimate of drug-likeness (QED) is 0.664. The minimum Gasteiger partial charge on any atom is -0.493 e. The van der Waals surface area contributed by atoms with Crippen LogP contribution >= 0.6 is 0 Å². The van der Waals surface area contributed by atoms with Crippen LogP contribution in [0.3, 0.4) is 0 Å². The normalized spacial score (nSPS) is 11.2. The van der Waals surface area contributed by atoms with Crippen LogP contribution in [0.5, 0.6) is 23.0 Å². The number of rotatable bonds is 9. The monoisotopic (exact) mass is 385 g/mol. The molecule has 0 saturated heterocycles. The predicted molar refractivity (Wildman–Crippen MR) is 94.7 cm³/mol. The van der Waals surface area contributed by atoms with Crippen LogP contribution in [0, 0.1) is 0 Å². The average Bonchev–Trinajstić information content (AvgIpc) is 2.66. The zero-order valence-corrected chi connectivity index (χ0v) is 15.4. The number of benzene rings is 2. The van der Waals surface area contributed by atoms with E-state index in [1.165, 1.54) is 19.2 Å². The summed E-state index contributed by atoms with van der Waals surface area (Å²) in [4.78, 5) is 0. The van der Waals surface area contributed by atoms with Gasteiger partial charge < -0.3 is 24.3 Å². The smallest absolute Gasteiger partial charge is 0.416 e. The minimum atomic E-state index is -4.35. The van der Waals surface area contributed by atoms with E-state index >= 15 is 0 Å². The molecule has 0 radical (unpaired) electrons. The van der Waals surface area contributed by atoms with Gasteiger partial charge in [-0.1, -0.05) is 0 Å². The van der Waals surface area contributed by atoms with E-state index in [9.17, 15) is 13.2 Å². The Morgan fingerprint density at radius 1 is 0.889 bits per heavy atom. The average molecular weight is 385 g/mol. The molecular formula is C19H22F3NO4. The van der Waals surface area contributed by atoms with Crippen molar-refractivity contribution in [2.45, 2.75) is 12.7 Å². The highest BCUT2D eigenvalue weighted by molar-refractivity contribution is 5.53. The van der Waals surface area contributed by atoms with Gasteiger partial charge in [-0.25, -0.2) is 0 Å². The summed E-state index contributed by atoms with van der Waals surface area (Å²) in [5.74, 6) is 2.04. The molecule has 0 aliphatic rings. The fraction of sp³-hybridized carbons (Fsp3) is 0.368. The third-order valence-electron chi connectivity index (χ3n) is 3.78. The van der Waals surface area contributed by atoms with Crippen molar-refractivity contribution in [3.05, 3.63) is 47.5 Å². The van der Waals surface area contributed by atoms with Crippen LogP contribution in [0.25, 0.3) is 0 Å². The highest BCUT2D eigenvalue weighted by Crippen LogP contribution is 2.38. The maximum absolute atomic E-state index is 12.5. The molecule has 0 unspecified atom stereocenters. The first-order valence-electron chi connectivity index (χ1n) is 8.18. The van der Waals surface area contributed by atoms with E-state index in [1.807, 2.05) is 12.1 Å². The first-order chi connectivity index (χ1) is 12.9. The van der Waals surface area contributed by atoms with Gasteiger partial charge in [0, 0.05) is 13.1 Å². The Hall–Kier alpha value is -2.61. The summed E-state index contributed by atoms with van der Waals surface area (Å²) in [5, 5.41) is 3.19. The van der Waals surface area contributed by atoms with Gasteiger partial charge in [0.15, 0.2) is 11.5 Å². The van der Waals surface area contributed by atoms with Gasteiger partial charge in [0.2, 0.25) is 5.75 Å². The lowest BCUT2D eigenvalue weighted by Crippen LogP contribution is -2.20. The Bertz CT molecular complexity index is 708. The first kappa shape index (κ1) is 20.7. The number of alkyl halides is 3. The largest absolute Gasteiger partial charge is 0.493 e. The molecule has 0 spiro atoms. The van der Waals surface area contributed by atoms with Crippen LogP contribution < -0.4 is 24.3 Å². The summed E-state index contributed by atoms with van der Waals surface area (Å²) < 4.78 is 58.9. The lowest BCUT2D eigenvalue weighted by atomic mass is 10.2. The molecule has 0 atom stereocenters. The minimum absolute atomic E-state index is 0.315. The molecule has 2 aromatic carbocycles. The fourth-order valence-electron chi connectivity index (χ4n) is 2.45. The van der Waals surface area contributed by atoms with Crippen molar-refractivity contribution >= 4 is 0 Å². The lowest BCUT2D eigenvalue weighted by Gasteiger charge is -2.14. The molecule has 1 N–H and O–H groups in total. The number of ether oxygens (including phenoxy) is 4. The highest BCUT2D eigenvalue weighted by atomic mass is 19.4. The summed E-state index contributed by atoms with van der Waals surface area (Å²) in [5.41, 5.74) is 0.231. The third-order valence-corrected chi connectivity index (χ3v) is 3.78. The molecule has 0 amide bonds. The van der Waals surface area contributed by atoms with Crippen LogP contribution in [-0.2, 0) is 12.7 Å². The number of halogens is 3.